The van der Waals surface area contributed by atoms with Crippen molar-refractivity contribution in [3.63, 3.8) is 0 Å². The average Bonchev–Trinajstić information content (AvgIpc) is 2.93. The van der Waals surface area contributed by atoms with Gasteiger partial charge in [0.2, 0.25) is 0 Å². The van der Waals surface area contributed by atoms with E-state index < -0.39 is 0 Å². The van der Waals surface area contributed by atoms with E-state index >= 15 is 0 Å². The molecule has 0 radical (unpaired) electrons. The molecule has 0 fully saturated rings. The maximum atomic E-state index is 3.50. The van der Waals surface area contributed by atoms with Crippen LogP contribution >= 0.6 is 11.3 Å². The molecule has 0 saturated heterocycles. The minimum absolute atomic E-state index is 1.11. The molecule has 0 unspecified atom stereocenters. The molecule has 0 aliphatic rings. The van der Waals surface area contributed by atoms with Crippen LogP contribution in [0.3, 0.4) is 0 Å². The van der Waals surface area contributed by atoms with E-state index in [9.17, 15) is 0 Å². The maximum absolute atomic E-state index is 3.50. The number of H-pyrrole nitrogens is 1. The van der Waals surface area contributed by atoms with Crippen molar-refractivity contribution in [2.24, 2.45) is 0 Å². The standard InChI is InChI=1S/C15H15NS/c1-3-11-7-15(17-9-11)14-8-12-5-4-10(2)6-13(12)16-14/h4-9,16H,3H2,1-2H3. The number of nitrogens with one attached hydrogen (secondary N) is 1. The van der Waals surface area contributed by atoms with Gasteiger partial charge in [0.25, 0.3) is 0 Å². The van der Waals surface area contributed by atoms with Crippen molar-refractivity contribution in [1.82, 2.24) is 4.98 Å². The Balaban J connectivity index is 2.11. The Kier molecular flexibility index (Phi) is 2.52. The third kappa shape index (κ3) is 1.89. The van der Waals surface area contributed by atoms with Crippen molar-refractivity contribution in [2.75, 3.05) is 0 Å². The van der Waals surface area contributed by atoms with Gasteiger partial charge in [-0.15, -0.1) is 11.3 Å². The molecule has 3 rings (SSSR count). The third-order valence-corrected chi connectivity index (χ3v) is 4.12. The molecule has 3 aromatic rings. The Hall–Kier alpha value is -1.54. The van der Waals surface area contributed by atoms with Crippen LogP contribution in [0.15, 0.2) is 35.7 Å². The van der Waals surface area contributed by atoms with Crippen LogP contribution < -0.4 is 0 Å². The van der Waals surface area contributed by atoms with Crippen molar-refractivity contribution in [1.29, 1.82) is 0 Å². The van der Waals surface area contributed by atoms with E-state index in [0.29, 0.717) is 0 Å². The summed E-state index contributed by atoms with van der Waals surface area (Å²) in [6, 6.07) is 11.1. The van der Waals surface area contributed by atoms with Gasteiger partial charge in [0.15, 0.2) is 0 Å². The first-order chi connectivity index (χ1) is 8.26. The highest BCUT2D eigenvalue weighted by atomic mass is 32.1. The minimum atomic E-state index is 1.11. The highest BCUT2D eigenvalue weighted by Gasteiger charge is 2.05. The van der Waals surface area contributed by atoms with Gasteiger partial charge >= 0.3 is 0 Å². The molecule has 0 aliphatic carbocycles. The van der Waals surface area contributed by atoms with Crippen molar-refractivity contribution >= 4 is 22.2 Å². The van der Waals surface area contributed by atoms with E-state index in [1.165, 1.54) is 32.6 Å². The molecular formula is C15H15NS. The predicted octanol–water partition coefficient (Wildman–Crippen LogP) is 4.77. The molecule has 1 N–H and O–H groups in total. The maximum Gasteiger partial charge on any atom is 0.0566 e. The zero-order valence-corrected chi connectivity index (χ0v) is 10.9. The summed E-state index contributed by atoms with van der Waals surface area (Å²) in [6.07, 6.45) is 1.11. The second-order valence-corrected chi connectivity index (χ2v) is 5.36. The van der Waals surface area contributed by atoms with Gasteiger partial charge in [-0.3, -0.25) is 0 Å². The number of aromatic amines is 1. The lowest BCUT2D eigenvalue weighted by molar-refractivity contribution is 1.16. The first-order valence-corrected chi connectivity index (χ1v) is 6.81. The SMILES string of the molecule is CCc1csc(-c2cc3ccc(C)cc3[nH]2)c1. The fraction of sp³-hybridized carbons (Fsp3) is 0.200. The van der Waals surface area contributed by atoms with Crippen LogP contribution in [-0.2, 0) is 6.42 Å². The van der Waals surface area contributed by atoms with Gasteiger partial charge < -0.3 is 4.98 Å². The highest BCUT2D eigenvalue weighted by molar-refractivity contribution is 7.13. The average molecular weight is 241 g/mol. The normalized spacial score (nSPS) is 11.2. The zero-order valence-electron chi connectivity index (χ0n) is 10.1. The Morgan fingerprint density at radius 1 is 1.18 bits per heavy atom. The van der Waals surface area contributed by atoms with Gasteiger partial charge in [-0.05, 0) is 48.1 Å². The van der Waals surface area contributed by atoms with Crippen molar-refractivity contribution in [3.8, 4) is 10.6 Å². The van der Waals surface area contributed by atoms with Crippen LogP contribution in [0, 0.1) is 6.92 Å². The smallest absolute Gasteiger partial charge is 0.0566 e. The summed E-state index contributed by atoms with van der Waals surface area (Å²) in [5.41, 5.74) is 5.17. The minimum Gasteiger partial charge on any atom is -0.354 e. The van der Waals surface area contributed by atoms with E-state index in [-0.39, 0.29) is 0 Å². The first-order valence-electron chi connectivity index (χ1n) is 5.93. The van der Waals surface area contributed by atoms with Crippen LogP contribution in [0.2, 0.25) is 0 Å². The Morgan fingerprint density at radius 3 is 2.82 bits per heavy atom. The Bertz CT molecular complexity index is 660. The molecule has 2 heteroatoms. The largest absolute Gasteiger partial charge is 0.354 e. The molecule has 0 amide bonds. The number of fused-ring (bicyclic) bond motifs is 1. The van der Waals surface area contributed by atoms with Crippen LogP contribution in [-0.4, -0.2) is 4.98 Å². The second kappa shape index (κ2) is 4.04. The molecule has 0 bridgehead atoms. The topological polar surface area (TPSA) is 15.8 Å². The number of aromatic nitrogens is 1. The Labute approximate surface area is 105 Å². The lowest BCUT2D eigenvalue weighted by Crippen LogP contribution is -1.73. The van der Waals surface area contributed by atoms with Crippen LogP contribution in [0.4, 0.5) is 0 Å². The number of hydrogen-bond acceptors (Lipinski definition) is 1. The van der Waals surface area contributed by atoms with Crippen molar-refractivity contribution < 1.29 is 0 Å². The summed E-state index contributed by atoms with van der Waals surface area (Å²) in [5, 5.41) is 3.53. The quantitative estimate of drug-likeness (QED) is 0.665. The molecular weight excluding hydrogens is 226 g/mol. The number of benzene rings is 1. The molecule has 0 saturated carbocycles. The van der Waals surface area contributed by atoms with E-state index in [2.05, 4.69) is 54.5 Å². The number of aryl methyl sites for hydroxylation is 2. The fourth-order valence-electron chi connectivity index (χ4n) is 2.08. The van der Waals surface area contributed by atoms with E-state index in [0.717, 1.165) is 6.42 Å². The lowest BCUT2D eigenvalue weighted by atomic mass is 10.2. The van der Waals surface area contributed by atoms with Gasteiger partial charge in [-0.1, -0.05) is 19.1 Å². The van der Waals surface area contributed by atoms with Gasteiger partial charge in [0, 0.05) is 10.9 Å². The molecule has 2 heterocycles. The van der Waals surface area contributed by atoms with E-state index in [1.54, 1.807) is 0 Å². The van der Waals surface area contributed by atoms with Gasteiger partial charge in [0.1, 0.15) is 0 Å². The molecule has 0 spiro atoms. The zero-order chi connectivity index (χ0) is 11.8. The molecule has 17 heavy (non-hydrogen) atoms. The molecule has 2 aromatic heterocycles. The monoisotopic (exact) mass is 241 g/mol. The summed E-state index contributed by atoms with van der Waals surface area (Å²) < 4.78 is 0. The van der Waals surface area contributed by atoms with E-state index in [4.69, 9.17) is 0 Å². The number of thiophene rings is 1. The van der Waals surface area contributed by atoms with Crippen LogP contribution in [0.25, 0.3) is 21.5 Å². The molecule has 0 atom stereocenters. The molecule has 0 aliphatic heterocycles. The number of rotatable bonds is 2. The van der Waals surface area contributed by atoms with Crippen molar-refractivity contribution in [3.05, 3.63) is 46.8 Å². The Morgan fingerprint density at radius 2 is 2.06 bits per heavy atom. The summed E-state index contributed by atoms with van der Waals surface area (Å²) in [7, 11) is 0. The molecule has 86 valence electrons. The molecule has 1 nitrogen and oxygen atoms in total. The highest BCUT2D eigenvalue weighted by Crippen LogP contribution is 2.29. The van der Waals surface area contributed by atoms with E-state index in [1.807, 2.05) is 11.3 Å². The summed E-state index contributed by atoms with van der Waals surface area (Å²) in [5.74, 6) is 0. The lowest BCUT2D eigenvalue weighted by Gasteiger charge is -1.91. The number of hydrogen-bond donors (Lipinski definition) is 1. The predicted molar refractivity (Wildman–Crippen MR) is 75.7 cm³/mol. The van der Waals surface area contributed by atoms with Crippen LogP contribution in [0.5, 0.6) is 0 Å². The second-order valence-electron chi connectivity index (χ2n) is 4.45. The summed E-state index contributed by atoms with van der Waals surface area (Å²) >= 11 is 1.82. The summed E-state index contributed by atoms with van der Waals surface area (Å²) in [4.78, 5) is 4.83. The first kappa shape index (κ1) is 10.6. The third-order valence-electron chi connectivity index (χ3n) is 3.11. The van der Waals surface area contributed by atoms with Crippen molar-refractivity contribution in [2.45, 2.75) is 20.3 Å². The van der Waals surface area contributed by atoms with Gasteiger partial charge in [-0.2, -0.15) is 0 Å². The van der Waals surface area contributed by atoms with Gasteiger partial charge in [0.05, 0.1) is 10.6 Å². The van der Waals surface area contributed by atoms with Gasteiger partial charge in [-0.25, -0.2) is 0 Å². The summed E-state index contributed by atoms with van der Waals surface area (Å²) in [6.45, 7) is 4.32. The molecule has 1 aromatic carbocycles. The van der Waals surface area contributed by atoms with Crippen LogP contribution in [0.1, 0.15) is 18.1 Å². The fourth-order valence-corrected chi connectivity index (χ4v) is 3.05.